The molecule has 1 aromatic carbocycles. The van der Waals surface area contributed by atoms with Crippen molar-refractivity contribution in [3.63, 3.8) is 0 Å². The summed E-state index contributed by atoms with van der Waals surface area (Å²) in [7, 11) is -2.32. The van der Waals surface area contributed by atoms with E-state index < -0.39 is 16.0 Å². The molecular formula is C29H42N2P2Si. The number of rotatable bonds is 7. The van der Waals surface area contributed by atoms with Gasteiger partial charge < -0.3 is 0 Å². The third kappa shape index (κ3) is 7.06. The van der Waals surface area contributed by atoms with Crippen LogP contribution in [-0.4, -0.2) is 28.4 Å². The van der Waals surface area contributed by atoms with Crippen molar-refractivity contribution in [3.8, 4) is 0 Å². The normalized spacial score (nSPS) is 13.0. The van der Waals surface area contributed by atoms with E-state index in [2.05, 4.69) is 104 Å². The minimum Gasteiger partial charge on any atom is -0.256 e. The van der Waals surface area contributed by atoms with Gasteiger partial charge in [-0.1, -0.05) is 105 Å². The first-order valence-corrected chi connectivity index (χ1v) is 18.8. The highest BCUT2D eigenvalue weighted by Gasteiger charge is 2.35. The fourth-order valence-corrected chi connectivity index (χ4v) is 11.5. The zero-order valence-corrected chi connectivity index (χ0v) is 25.3. The molecular weight excluding hydrogens is 466 g/mol. The number of nitrogens with zero attached hydrogens (tertiary/aromatic N) is 2. The highest BCUT2D eigenvalue weighted by atomic mass is 31.1. The second kappa shape index (κ2) is 10.7. The molecule has 0 aliphatic heterocycles. The van der Waals surface area contributed by atoms with Gasteiger partial charge in [0, 0.05) is 26.5 Å². The Morgan fingerprint density at radius 3 is 1.62 bits per heavy atom. The molecule has 0 radical (unpaired) electrons. The summed E-state index contributed by atoms with van der Waals surface area (Å²) in [6.45, 7) is 21.9. The Bertz CT molecular complexity index is 1010. The van der Waals surface area contributed by atoms with Crippen molar-refractivity contribution in [2.24, 2.45) is 0 Å². The van der Waals surface area contributed by atoms with Crippen molar-refractivity contribution in [3.05, 3.63) is 78.1 Å². The summed E-state index contributed by atoms with van der Waals surface area (Å²) < 4.78 is 0. The molecule has 34 heavy (non-hydrogen) atoms. The molecule has 182 valence electrons. The minimum atomic E-state index is -1.43. The van der Waals surface area contributed by atoms with Crippen molar-refractivity contribution < 1.29 is 0 Å². The van der Waals surface area contributed by atoms with Crippen LogP contribution in [0.1, 0.15) is 52.7 Å². The third-order valence-electron chi connectivity index (χ3n) is 6.20. The van der Waals surface area contributed by atoms with Crippen molar-refractivity contribution in [2.45, 2.75) is 83.8 Å². The van der Waals surface area contributed by atoms with Gasteiger partial charge in [-0.25, -0.2) is 0 Å². The summed E-state index contributed by atoms with van der Waals surface area (Å²) in [5, 5.41) is 2.14. The van der Waals surface area contributed by atoms with Gasteiger partial charge in [-0.15, -0.1) is 0 Å². The molecule has 3 aromatic rings. The zero-order chi connectivity index (χ0) is 25.1. The summed E-state index contributed by atoms with van der Waals surface area (Å²) in [6.07, 6.45) is 6.00. The highest BCUT2D eigenvalue weighted by Crippen LogP contribution is 2.61. The maximum atomic E-state index is 4.79. The topological polar surface area (TPSA) is 25.8 Å². The molecule has 5 heteroatoms. The summed E-state index contributed by atoms with van der Waals surface area (Å²) >= 11 is 0. The molecule has 0 bridgehead atoms. The lowest BCUT2D eigenvalue weighted by atomic mass is 10.1. The van der Waals surface area contributed by atoms with Gasteiger partial charge in [-0.2, -0.15) is 0 Å². The van der Waals surface area contributed by atoms with Gasteiger partial charge >= 0.3 is 0 Å². The van der Waals surface area contributed by atoms with E-state index in [0.717, 1.165) is 23.2 Å². The number of pyridine rings is 2. The van der Waals surface area contributed by atoms with Gasteiger partial charge in [0.1, 0.15) is 0 Å². The molecule has 0 N–H and O–H groups in total. The van der Waals surface area contributed by atoms with E-state index in [0.29, 0.717) is 10.3 Å². The molecule has 2 nitrogen and oxygen atoms in total. The van der Waals surface area contributed by atoms with Crippen molar-refractivity contribution >= 4 is 40.0 Å². The smallest absolute Gasteiger partial charge is 0.0776 e. The fraction of sp³-hybridized carbons (Fsp3) is 0.448. The molecule has 0 aliphatic rings. The van der Waals surface area contributed by atoms with E-state index >= 15 is 0 Å². The molecule has 0 fully saturated rings. The lowest BCUT2D eigenvalue weighted by Gasteiger charge is -2.42. The highest BCUT2D eigenvalue weighted by molar-refractivity contribution is 7.71. The van der Waals surface area contributed by atoms with Crippen LogP contribution in [0.15, 0.2) is 67.0 Å². The van der Waals surface area contributed by atoms with Gasteiger partial charge in [-0.3, -0.25) is 9.97 Å². The largest absolute Gasteiger partial charge is 0.256 e. The number of benzene rings is 1. The zero-order valence-electron chi connectivity index (χ0n) is 22.6. The summed E-state index contributed by atoms with van der Waals surface area (Å²) in [5.74, 6) is 0. The molecule has 0 atom stereocenters. The van der Waals surface area contributed by atoms with E-state index in [-0.39, 0.29) is 7.92 Å². The standard InChI is InChI=1S/C29H42N2P2Si/c1-28(2,3)33(29(4,5)6)22-23-16-17-25(34(7,8)9)20-24(23)21-32(26-14-10-12-18-30-26)27-15-11-13-19-31-27/h10-20H,21-22H2,1-9H3. The Balaban J connectivity index is 2.12. The van der Waals surface area contributed by atoms with E-state index in [1.54, 1.807) is 5.19 Å². The molecule has 0 unspecified atom stereocenters. The van der Waals surface area contributed by atoms with Crippen LogP contribution >= 0.6 is 15.8 Å². The van der Waals surface area contributed by atoms with Gasteiger partial charge in [-0.05, 0) is 51.9 Å². The first-order valence-electron chi connectivity index (χ1n) is 12.3. The Morgan fingerprint density at radius 2 is 1.21 bits per heavy atom. The molecule has 2 heterocycles. The van der Waals surface area contributed by atoms with Crippen molar-refractivity contribution in [1.82, 2.24) is 9.97 Å². The summed E-state index contributed by atoms with van der Waals surface area (Å²) in [5.41, 5.74) is 5.35. The van der Waals surface area contributed by atoms with Crippen LogP contribution in [0.4, 0.5) is 0 Å². The first kappa shape index (κ1) is 27.2. The second-order valence-corrected chi connectivity index (χ2v) is 23.1. The lowest BCUT2D eigenvalue weighted by Crippen LogP contribution is -2.38. The molecule has 0 saturated heterocycles. The molecule has 0 aliphatic carbocycles. The number of hydrogen-bond acceptors (Lipinski definition) is 2. The predicted molar refractivity (Wildman–Crippen MR) is 158 cm³/mol. The van der Waals surface area contributed by atoms with Gasteiger partial charge in [0.2, 0.25) is 0 Å². The Morgan fingerprint density at radius 1 is 0.676 bits per heavy atom. The SMILES string of the molecule is CC(C)(C)P(Cc1ccc([Si](C)(C)C)cc1CP(c1ccccn1)c1ccccn1)C(C)(C)C. The van der Waals surface area contributed by atoms with Crippen molar-refractivity contribution in [1.29, 1.82) is 0 Å². The van der Waals surface area contributed by atoms with Crippen LogP contribution in [0, 0.1) is 0 Å². The Labute approximate surface area is 211 Å². The van der Waals surface area contributed by atoms with Crippen LogP contribution in [0.3, 0.4) is 0 Å². The van der Waals surface area contributed by atoms with Crippen LogP contribution in [-0.2, 0) is 12.3 Å². The van der Waals surface area contributed by atoms with E-state index in [9.17, 15) is 0 Å². The van der Waals surface area contributed by atoms with Gasteiger partial charge in [0.25, 0.3) is 0 Å². The number of aromatic nitrogens is 2. The molecule has 3 rings (SSSR count). The summed E-state index contributed by atoms with van der Waals surface area (Å²) in [6, 6.07) is 20.0. The number of hydrogen-bond donors (Lipinski definition) is 0. The van der Waals surface area contributed by atoms with Gasteiger partial charge in [0.15, 0.2) is 0 Å². The monoisotopic (exact) mass is 508 g/mol. The van der Waals surface area contributed by atoms with E-state index in [1.165, 1.54) is 11.1 Å². The molecule has 0 amide bonds. The van der Waals surface area contributed by atoms with E-state index in [4.69, 9.17) is 9.97 Å². The van der Waals surface area contributed by atoms with Gasteiger partial charge in [0.05, 0.1) is 18.9 Å². The van der Waals surface area contributed by atoms with Crippen LogP contribution < -0.4 is 16.1 Å². The maximum Gasteiger partial charge on any atom is 0.0776 e. The summed E-state index contributed by atoms with van der Waals surface area (Å²) in [4.78, 5) is 9.59. The average molecular weight is 509 g/mol. The van der Waals surface area contributed by atoms with Crippen LogP contribution in [0.2, 0.25) is 19.6 Å². The Kier molecular flexibility index (Phi) is 8.55. The van der Waals surface area contributed by atoms with Crippen LogP contribution in [0.5, 0.6) is 0 Å². The van der Waals surface area contributed by atoms with E-state index in [1.807, 2.05) is 24.5 Å². The Hall–Kier alpha value is -1.40. The predicted octanol–water partition coefficient (Wildman–Crippen LogP) is 7.23. The van der Waals surface area contributed by atoms with Crippen LogP contribution in [0.25, 0.3) is 0 Å². The third-order valence-corrected chi connectivity index (χ3v) is 14.4. The second-order valence-electron chi connectivity index (χ2n) is 12.1. The lowest BCUT2D eigenvalue weighted by molar-refractivity contribution is 0.702. The molecule has 0 spiro atoms. The fourth-order valence-electron chi connectivity index (χ4n) is 4.52. The maximum absolute atomic E-state index is 4.79. The van der Waals surface area contributed by atoms with Crippen molar-refractivity contribution in [2.75, 3.05) is 0 Å². The molecule has 2 aromatic heterocycles. The first-order chi connectivity index (χ1) is 15.8. The minimum absolute atomic E-state index is 0.219. The quantitative estimate of drug-likeness (QED) is 0.248. The average Bonchev–Trinajstić information content (AvgIpc) is 2.75. The molecule has 0 saturated carbocycles.